The van der Waals surface area contributed by atoms with Gasteiger partial charge in [-0.15, -0.1) is 0 Å². The Morgan fingerprint density at radius 3 is 2.31 bits per heavy atom. The fourth-order valence-electron chi connectivity index (χ4n) is 7.76. The van der Waals surface area contributed by atoms with Crippen LogP contribution in [0.3, 0.4) is 0 Å². The SMILES string of the molecule is C[C@H]1CCCCC=CCCCC[C@@H](C(O)C(=O)CCC(=O)N[C@H](C(=O)N(C)C)c2ccccc2)CC(=O)[C@@H]2[C@H]3CC(C)(C)OC3CN2C1=O. The second kappa shape index (κ2) is 17.5. The highest BCUT2D eigenvalue weighted by Gasteiger charge is 2.55. The number of fused-ring (bicyclic) bond motifs is 3. The van der Waals surface area contributed by atoms with E-state index in [2.05, 4.69) is 17.5 Å². The lowest BCUT2D eigenvalue weighted by Crippen LogP contribution is -2.47. The third-order valence-electron chi connectivity index (χ3n) is 10.4. The number of carbonyl (C=O) groups excluding carboxylic acids is 5. The fourth-order valence-corrected chi connectivity index (χ4v) is 7.76. The quantitative estimate of drug-likeness (QED) is 0.372. The Balaban J connectivity index is 1.48. The van der Waals surface area contributed by atoms with E-state index in [0.717, 1.165) is 44.9 Å². The molecule has 2 fully saturated rings. The van der Waals surface area contributed by atoms with Crippen LogP contribution in [-0.2, 0) is 28.7 Å². The standard InChI is InChI=1S/C39H57N3O7/c1-26-17-13-10-8-6-7-9-11-14-20-28(23-31(44)35-29-24-39(2,3)49-32(29)25-42(35)37(26)47)36(46)30(43)21-22-33(45)40-34(38(48)41(4)5)27-18-15-12-16-19-27/h6-7,12,15-16,18-19,26,28-29,32,34-36,46H,8-11,13-14,17,20-25H2,1-5H3,(H,40,45)/t26-,28+,29-,32?,34-,35-,36?/m0/s1. The first-order chi connectivity index (χ1) is 23.3. The number of amides is 3. The lowest BCUT2D eigenvalue weighted by molar-refractivity contribution is -0.143. The van der Waals surface area contributed by atoms with Crippen LogP contribution in [0.5, 0.6) is 0 Å². The predicted octanol–water partition coefficient (Wildman–Crippen LogP) is 4.94. The van der Waals surface area contributed by atoms with Gasteiger partial charge >= 0.3 is 0 Å². The molecule has 1 aromatic rings. The van der Waals surface area contributed by atoms with E-state index >= 15 is 0 Å². The summed E-state index contributed by atoms with van der Waals surface area (Å²) in [5, 5.41) is 14.2. The van der Waals surface area contributed by atoms with Crippen LogP contribution in [0.1, 0.15) is 109 Å². The number of carbonyl (C=O) groups is 5. The van der Waals surface area contributed by atoms with Gasteiger partial charge in [0, 0.05) is 51.7 Å². The van der Waals surface area contributed by atoms with Gasteiger partial charge in [-0.25, -0.2) is 0 Å². The maximum absolute atomic E-state index is 14.2. The highest BCUT2D eigenvalue weighted by molar-refractivity contribution is 5.93. The summed E-state index contributed by atoms with van der Waals surface area (Å²) >= 11 is 0. The molecule has 3 amide bonds. The third-order valence-corrected chi connectivity index (χ3v) is 10.4. The third kappa shape index (κ3) is 10.3. The summed E-state index contributed by atoms with van der Waals surface area (Å²) in [6.07, 6.45) is 9.47. The molecule has 10 nitrogen and oxygen atoms in total. The number of allylic oxidation sites excluding steroid dienone is 2. The first-order valence-corrected chi connectivity index (χ1v) is 18.2. The van der Waals surface area contributed by atoms with Crippen molar-refractivity contribution >= 4 is 29.3 Å². The monoisotopic (exact) mass is 679 g/mol. The molecule has 0 spiro atoms. The minimum atomic E-state index is -1.43. The summed E-state index contributed by atoms with van der Waals surface area (Å²) in [7, 11) is 3.22. The van der Waals surface area contributed by atoms with E-state index in [4.69, 9.17) is 4.74 Å². The molecule has 270 valence electrons. The van der Waals surface area contributed by atoms with Gasteiger partial charge in [-0.1, -0.05) is 62.2 Å². The fraction of sp³-hybridized carbons (Fsp3) is 0.667. The van der Waals surface area contributed by atoms with E-state index < -0.39 is 41.4 Å². The molecular weight excluding hydrogens is 622 g/mol. The molecule has 0 bridgehead atoms. The van der Waals surface area contributed by atoms with Gasteiger partial charge in [0.05, 0.1) is 17.7 Å². The van der Waals surface area contributed by atoms with Crippen LogP contribution in [0, 0.1) is 17.8 Å². The molecule has 3 heterocycles. The number of ether oxygens (including phenoxy) is 1. The van der Waals surface area contributed by atoms with Crippen LogP contribution in [0.4, 0.5) is 0 Å². The Labute approximate surface area is 292 Å². The number of hydrogen-bond donors (Lipinski definition) is 2. The van der Waals surface area contributed by atoms with E-state index in [1.54, 1.807) is 43.3 Å². The van der Waals surface area contributed by atoms with Gasteiger partial charge in [0.15, 0.2) is 11.6 Å². The van der Waals surface area contributed by atoms with Crippen molar-refractivity contribution in [2.75, 3.05) is 20.6 Å². The number of hydrogen-bond acceptors (Lipinski definition) is 7. The second-order valence-electron chi connectivity index (χ2n) is 15.1. The van der Waals surface area contributed by atoms with Crippen LogP contribution in [0.15, 0.2) is 42.5 Å². The summed E-state index contributed by atoms with van der Waals surface area (Å²) < 4.78 is 6.31. The van der Waals surface area contributed by atoms with Crippen molar-refractivity contribution in [3.8, 4) is 0 Å². The topological polar surface area (TPSA) is 133 Å². The van der Waals surface area contributed by atoms with Gasteiger partial charge in [0.2, 0.25) is 17.7 Å². The number of aliphatic hydroxyl groups excluding tert-OH is 1. The second-order valence-corrected chi connectivity index (χ2v) is 15.1. The largest absolute Gasteiger partial charge is 0.385 e. The summed E-state index contributed by atoms with van der Waals surface area (Å²) in [5.41, 5.74) is 0.228. The minimum Gasteiger partial charge on any atom is -0.385 e. The number of nitrogens with one attached hydrogen (secondary N) is 1. The summed E-state index contributed by atoms with van der Waals surface area (Å²) in [6, 6.07) is 7.35. The van der Waals surface area contributed by atoms with Gasteiger partial charge in [-0.2, -0.15) is 0 Å². The van der Waals surface area contributed by atoms with E-state index in [0.29, 0.717) is 24.9 Å². The number of benzene rings is 1. The highest BCUT2D eigenvalue weighted by Crippen LogP contribution is 2.44. The maximum Gasteiger partial charge on any atom is 0.249 e. The molecule has 2 unspecified atom stereocenters. The number of aliphatic hydroxyl groups is 1. The van der Waals surface area contributed by atoms with Crippen molar-refractivity contribution in [2.24, 2.45) is 17.8 Å². The van der Waals surface area contributed by atoms with Gasteiger partial charge in [-0.3, -0.25) is 24.0 Å². The molecule has 1 aromatic carbocycles. The number of nitrogens with zero attached hydrogens (tertiary/aromatic N) is 2. The predicted molar refractivity (Wildman–Crippen MR) is 187 cm³/mol. The maximum atomic E-state index is 14.2. The van der Waals surface area contributed by atoms with Crippen molar-refractivity contribution in [3.63, 3.8) is 0 Å². The molecular formula is C39H57N3O7. The zero-order valence-electron chi connectivity index (χ0n) is 30.1. The average Bonchev–Trinajstić information content (AvgIpc) is 3.56. The molecule has 0 saturated carbocycles. The van der Waals surface area contributed by atoms with Gasteiger partial charge in [0.1, 0.15) is 12.1 Å². The summed E-state index contributed by atoms with van der Waals surface area (Å²) in [4.78, 5) is 70.5. The van der Waals surface area contributed by atoms with Crippen LogP contribution in [-0.4, -0.2) is 88.7 Å². The highest BCUT2D eigenvalue weighted by atomic mass is 16.5. The lowest BCUT2D eigenvalue weighted by atomic mass is 9.82. The first-order valence-electron chi connectivity index (χ1n) is 18.2. The molecule has 0 radical (unpaired) electrons. The van der Waals surface area contributed by atoms with Crippen LogP contribution < -0.4 is 5.32 Å². The molecule has 0 aromatic heterocycles. The molecule has 49 heavy (non-hydrogen) atoms. The smallest absolute Gasteiger partial charge is 0.249 e. The molecule has 3 aliphatic heterocycles. The number of Topliss-reactive ketones (excluding diaryl/α,β-unsaturated/α-hetero) is 2. The zero-order chi connectivity index (χ0) is 35.7. The number of ketones is 2. The summed E-state index contributed by atoms with van der Waals surface area (Å²) in [5.74, 6) is -2.45. The van der Waals surface area contributed by atoms with Crippen molar-refractivity contribution < 1.29 is 33.8 Å². The Morgan fingerprint density at radius 2 is 1.65 bits per heavy atom. The van der Waals surface area contributed by atoms with E-state index in [1.807, 2.05) is 26.8 Å². The van der Waals surface area contributed by atoms with Crippen molar-refractivity contribution in [1.82, 2.24) is 15.1 Å². The molecule has 3 aliphatic rings. The number of rotatable bonds is 8. The Kier molecular flexibility index (Phi) is 13.7. The van der Waals surface area contributed by atoms with E-state index in [-0.39, 0.29) is 54.8 Å². The lowest BCUT2D eigenvalue weighted by Gasteiger charge is -2.32. The normalized spacial score (nSPS) is 27.8. The molecule has 10 heteroatoms. The van der Waals surface area contributed by atoms with E-state index in [1.165, 1.54) is 4.90 Å². The van der Waals surface area contributed by atoms with Gasteiger partial charge in [0.25, 0.3) is 0 Å². The van der Waals surface area contributed by atoms with Crippen LogP contribution >= 0.6 is 0 Å². The molecule has 2 saturated heterocycles. The Hall–Kier alpha value is -3.37. The van der Waals surface area contributed by atoms with E-state index in [9.17, 15) is 29.1 Å². The van der Waals surface area contributed by atoms with Gasteiger partial charge < -0.3 is 25.0 Å². The van der Waals surface area contributed by atoms with Gasteiger partial charge in [-0.05, 0) is 70.3 Å². The molecule has 7 atom stereocenters. The zero-order valence-corrected chi connectivity index (χ0v) is 30.1. The molecule has 2 N–H and O–H groups in total. The Bertz CT molecular complexity index is 1340. The molecule has 4 rings (SSSR count). The Morgan fingerprint density at radius 1 is 1.00 bits per heavy atom. The first kappa shape index (κ1) is 38.4. The summed E-state index contributed by atoms with van der Waals surface area (Å²) in [6.45, 7) is 6.33. The van der Waals surface area contributed by atoms with Crippen molar-refractivity contribution in [1.29, 1.82) is 0 Å². The minimum absolute atomic E-state index is 0.0326. The molecule has 0 aliphatic carbocycles. The van der Waals surface area contributed by atoms with Crippen molar-refractivity contribution in [2.45, 2.75) is 128 Å². The van der Waals surface area contributed by atoms with Crippen LogP contribution in [0.25, 0.3) is 0 Å². The van der Waals surface area contributed by atoms with Crippen molar-refractivity contribution in [3.05, 3.63) is 48.0 Å². The number of likely N-dealkylation sites (N-methyl/N-ethyl adjacent to an activating group) is 1. The average molecular weight is 680 g/mol. The van der Waals surface area contributed by atoms with Crippen LogP contribution in [0.2, 0.25) is 0 Å².